The van der Waals surface area contributed by atoms with Crippen molar-refractivity contribution in [3.63, 3.8) is 0 Å². The van der Waals surface area contributed by atoms with Crippen LogP contribution in [0.2, 0.25) is 0 Å². The van der Waals surface area contributed by atoms with E-state index in [-0.39, 0.29) is 26.8 Å². The second-order valence-corrected chi connectivity index (χ2v) is 4.39. The molecule has 0 amide bonds. The number of hydrogen-bond acceptors (Lipinski definition) is 3. The molecular weight excluding hydrogens is 384 g/mol. The molecule has 1 fully saturated rings. The Hall–Kier alpha value is -0.692. The predicted molar refractivity (Wildman–Crippen MR) is 64.5 cm³/mol. The zero-order valence-corrected chi connectivity index (χ0v) is 13.0. The molecule has 0 spiro atoms. The van der Waals surface area contributed by atoms with E-state index < -0.39 is 0 Å². The van der Waals surface area contributed by atoms with Gasteiger partial charge in [-0.15, -0.1) is 0 Å². The van der Waals surface area contributed by atoms with Crippen LogP contribution in [0.25, 0.3) is 0 Å². The number of Topliss-reactive ketones (excluding diaryl/α,β-unsaturated/α-hetero) is 1. The fourth-order valence-electron chi connectivity index (χ4n) is 1.94. The van der Waals surface area contributed by atoms with Crippen molar-refractivity contribution in [2.45, 2.75) is 19.8 Å². The summed E-state index contributed by atoms with van der Waals surface area (Å²) in [5.41, 5.74) is 0.677. The first-order chi connectivity index (χ1) is 7.66. The van der Waals surface area contributed by atoms with Crippen LogP contribution in [0, 0.1) is 12.8 Å². The van der Waals surface area contributed by atoms with Crippen molar-refractivity contribution in [3.8, 4) is 0 Å². The third-order valence-corrected chi connectivity index (χ3v) is 3.09. The third-order valence-electron chi connectivity index (χ3n) is 3.09. The maximum absolute atomic E-state index is 11.1. The van der Waals surface area contributed by atoms with Crippen molar-refractivity contribution >= 4 is 11.6 Å². The van der Waals surface area contributed by atoms with Gasteiger partial charge in [0.15, 0.2) is 5.78 Å². The van der Waals surface area contributed by atoms with Crippen LogP contribution < -0.4 is 4.90 Å². The summed E-state index contributed by atoms with van der Waals surface area (Å²) in [4.78, 5) is 17.7. The van der Waals surface area contributed by atoms with Gasteiger partial charge < -0.3 is 11.8 Å². The zero-order valence-electron chi connectivity index (χ0n) is 10.1. The van der Waals surface area contributed by atoms with Crippen LogP contribution in [0.3, 0.4) is 0 Å². The van der Waals surface area contributed by atoms with Crippen LogP contribution in [-0.4, -0.2) is 23.9 Å². The first kappa shape index (κ1) is 14.4. The van der Waals surface area contributed by atoms with Crippen molar-refractivity contribution in [3.05, 3.63) is 30.8 Å². The topological polar surface area (TPSA) is 33.2 Å². The monoisotopic (exact) mass is 401 g/mol. The fourth-order valence-corrected chi connectivity index (χ4v) is 1.94. The Bertz CT molecular complexity index is 370. The number of rotatable bonds is 2. The van der Waals surface area contributed by atoms with Crippen molar-refractivity contribution in [1.82, 2.24) is 4.98 Å². The summed E-state index contributed by atoms with van der Waals surface area (Å²) in [6.45, 7) is 7.66. The average Bonchev–Trinajstić information content (AvgIpc) is 2.30. The van der Waals surface area contributed by atoms with Crippen LogP contribution in [0.5, 0.6) is 0 Å². The van der Waals surface area contributed by atoms with Crippen LogP contribution in [0.15, 0.2) is 18.3 Å². The summed E-state index contributed by atoms with van der Waals surface area (Å²) >= 11 is 0. The summed E-state index contributed by atoms with van der Waals surface area (Å²) in [6.07, 6.45) is 3.90. The van der Waals surface area contributed by atoms with E-state index >= 15 is 0 Å². The number of aromatic nitrogens is 1. The van der Waals surface area contributed by atoms with Gasteiger partial charge in [0.1, 0.15) is 5.82 Å². The molecule has 1 aromatic heterocycles. The van der Waals surface area contributed by atoms with Gasteiger partial charge in [-0.25, -0.2) is 4.98 Å². The Kier molecular flexibility index (Phi) is 5.32. The van der Waals surface area contributed by atoms with E-state index in [0.29, 0.717) is 11.5 Å². The van der Waals surface area contributed by atoms with E-state index in [2.05, 4.69) is 16.8 Å². The minimum atomic E-state index is 0. The number of anilines is 1. The molecule has 2 heterocycles. The van der Waals surface area contributed by atoms with E-state index in [1.165, 1.54) is 0 Å². The molecule has 4 heteroatoms. The van der Waals surface area contributed by atoms with Crippen LogP contribution in [0.1, 0.15) is 30.1 Å². The molecule has 0 saturated carbocycles. The zero-order chi connectivity index (χ0) is 11.5. The third kappa shape index (κ3) is 3.64. The Morgan fingerprint density at radius 3 is 2.53 bits per heavy atom. The Labute approximate surface area is 117 Å². The normalized spacial score (nSPS) is 16.5. The molecule has 0 unspecified atom stereocenters. The van der Waals surface area contributed by atoms with Gasteiger partial charge in [-0.1, -0.05) is 12.8 Å². The Morgan fingerprint density at radius 1 is 1.41 bits per heavy atom. The Balaban J connectivity index is 0.00000144. The van der Waals surface area contributed by atoms with Gasteiger partial charge in [0, 0.05) is 45.9 Å². The van der Waals surface area contributed by atoms with Gasteiger partial charge in [-0.05, 0) is 19.1 Å². The first-order valence-corrected chi connectivity index (χ1v) is 5.72. The fraction of sp³-hybridized carbons (Fsp3) is 0.462. The van der Waals surface area contributed by atoms with Crippen molar-refractivity contribution in [2.75, 3.05) is 18.0 Å². The molecule has 1 aliphatic heterocycles. The van der Waals surface area contributed by atoms with E-state index in [1.54, 1.807) is 13.1 Å². The number of nitrogens with zero attached hydrogens (tertiary/aromatic N) is 2. The first-order valence-electron chi connectivity index (χ1n) is 5.72. The molecule has 1 saturated heterocycles. The molecule has 1 aromatic rings. The average molecular weight is 401 g/mol. The van der Waals surface area contributed by atoms with Crippen LogP contribution in [-0.2, 0) is 21.1 Å². The maximum Gasteiger partial charge on any atom is 0.161 e. The molecule has 92 valence electrons. The molecule has 0 radical (unpaired) electrons. The number of carbonyl (C=O) groups is 1. The van der Waals surface area contributed by atoms with Gasteiger partial charge in [-0.2, -0.15) is 5.92 Å². The second-order valence-electron chi connectivity index (χ2n) is 4.39. The minimum Gasteiger partial charge on any atom is -0.357 e. The number of hydrogen-bond donors (Lipinski definition) is 0. The molecule has 0 N–H and O–H groups in total. The van der Waals surface area contributed by atoms with Gasteiger partial charge in [0.25, 0.3) is 0 Å². The predicted octanol–water partition coefficient (Wildman–Crippen LogP) is 2.33. The number of ketones is 1. The molecule has 0 atom stereocenters. The van der Waals surface area contributed by atoms with Crippen LogP contribution >= 0.6 is 0 Å². The van der Waals surface area contributed by atoms with Crippen molar-refractivity contribution in [1.29, 1.82) is 0 Å². The number of piperidine rings is 1. The maximum atomic E-state index is 11.1. The minimum absolute atomic E-state index is 0. The molecule has 0 bridgehead atoms. The molecule has 2 rings (SSSR count). The van der Waals surface area contributed by atoms with Gasteiger partial charge in [0.2, 0.25) is 0 Å². The van der Waals surface area contributed by atoms with Crippen molar-refractivity contribution in [2.24, 2.45) is 5.92 Å². The van der Waals surface area contributed by atoms with E-state index in [1.807, 2.05) is 12.1 Å². The van der Waals surface area contributed by atoms with Gasteiger partial charge in [-0.3, -0.25) is 4.79 Å². The Morgan fingerprint density at radius 2 is 2.06 bits per heavy atom. The molecule has 3 nitrogen and oxygen atoms in total. The molecule has 0 aromatic carbocycles. The largest absolute Gasteiger partial charge is 0.357 e. The van der Waals surface area contributed by atoms with Crippen molar-refractivity contribution < 1.29 is 25.9 Å². The summed E-state index contributed by atoms with van der Waals surface area (Å²) in [7, 11) is 0. The van der Waals surface area contributed by atoms with Crippen LogP contribution in [0.4, 0.5) is 5.82 Å². The van der Waals surface area contributed by atoms with Gasteiger partial charge >= 0.3 is 0 Å². The van der Waals surface area contributed by atoms with E-state index in [9.17, 15) is 4.79 Å². The number of pyridine rings is 1. The summed E-state index contributed by atoms with van der Waals surface area (Å²) in [6, 6.07) is 3.78. The SMILES string of the molecule is [CH2-]C1CCN(c2ccc(C(C)=O)cn2)CC1.[W]. The summed E-state index contributed by atoms with van der Waals surface area (Å²) in [5.74, 6) is 1.61. The summed E-state index contributed by atoms with van der Waals surface area (Å²) < 4.78 is 0. The molecular formula is C13H17N2OW-. The smallest absolute Gasteiger partial charge is 0.161 e. The van der Waals surface area contributed by atoms with Gasteiger partial charge in [0.05, 0.1) is 0 Å². The molecule has 17 heavy (non-hydrogen) atoms. The molecule has 0 aliphatic carbocycles. The van der Waals surface area contributed by atoms with E-state index in [4.69, 9.17) is 0 Å². The summed E-state index contributed by atoms with van der Waals surface area (Å²) in [5, 5.41) is 0. The number of carbonyl (C=O) groups excluding carboxylic acids is 1. The quantitative estimate of drug-likeness (QED) is 0.564. The van der Waals surface area contributed by atoms with E-state index in [0.717, 1.165) is 31.7 Å². The molecule has 1 aliphatic rings. The standard InChI is InChI=1S/C13H17N2O.W/c1-10-5-7-15(8-6-10)13-4-3-12(9-14-13)11(2)16;/h3-4,9-10H,1,5-8H2,2H3;/q-1;. The second kappa shape index (κ2) is 6.30.